The molecule has 16 heteroatoms. The lowest BCUT2D eigenvalue weighted by Gasteiger charge is -2.43. The minimum absolute atomic E-state index is 0.00180. The maximum atomic E-state index is 14.8. The van der Waals surface area contributed by atoms with E-state index >= 15 is 0 Å². The lowest BCUT2D eigenvalue weighted by molar-refractivity contribution is 0.0424. The zero-order valence-electron chi connectivity index (χ0n) is 48.9. The third-order valence-electron chi connectivity index (χ3n) is 13.8. The second-order valence-corrected chi connectivity index (χ2v) is 34.0. The number of amides is 2. The van der Waals surface area contributed by atoms with E-state index in [1.165, 1.54) is 0 Å². The molecule has 8 rings (SSSR count). The number of rotatable bonds is 16. The van der Waals surface area contributed by atoms with Crippen LogP contribution in [0.15, 0.2) is 176 Å². The normalized spacial score (nSPS) is 12.5. The fourth-order valence-corrected chi connectivity index (χ4v) is 20.2. The van der Waals surface area contributed by atoms with Crippen molar-refractivity contribution in [3.63, 3.8) is 0 Å². The number of fused-ring (bicyclic) bond motifs is 1. The molecular weight excluding hydrogens is 1100 g/mol. The van der Waals surface area contributed by atoms with Gasteiger partial charge in [0.1, 0.15) is 23.5 Å². The number of aromatic nitrogens is 2. The number of carbonyl (C=O) groups excluding carboxylic acids is 3. The van der Waals surface area contributed by atoms with Crippen LogP contribution in [0.25, 0.3) is 11.0 Å². The van der Waals surface area contributed by atoms with Crippen molar-refractivity contribution in [2.24, 2.45) is 0 Å². The number of hydrogen-bond donors (Lipinski definition) is 1. The van der Waals surface area contributed by atoms with Crippen LogP contribution in [0.3, 0.4) is 0 Å². The van der Waals surface area contributed by atoms with E-state index in [0.29, 0.717) is 26.6 Å². The van der Waals surface area contributed by atoms with Crippen molar-refractivity contribution in [3.8, 4) is 0 Å². The van der Waals surface area contributed by atoms with Crippen LogP contribution in [-0.2, 0) is 49.4 Å². The summed E-state index contributed by atoms with van der Waals surface area (Å²) in [4.78, 5) is 46.7. The van der Waals surface area contributed by atoms with Crippen molar-refractivity contribution >= 4 is 95.6 Å². The smallest absolute Gasteiger partial charge is 0.435 e. The largest absolute Gasteiger partial charge is 0.456 e. The maximum absolute atomic E-state index is 14.8. The number of carbonyl (C=O) groups is 3. The highest BCUT2D eigenvalue weighted by molar-refractivity contribution is 7.00. The van der Waals surface area contributed by atoms with Gasteiger partial charge < -0.3 is 27.6 Å². The van der Waals surface area contributed by atoms with Gasteiger partial charge in [-0.1, -0.05) is 198 Å². The van der Waals surface area contributed by atoms with Gasteiger partial charge in [-0.25, -0.2) is 24.8 Å². The molecule has 2 aromatic heterocycles. The first kappa shape index (κ1) is 61.0. The Labute approximate surface area is 494 Å². The van der Waals surface area contributed by atoms with Gasteiger partial charge in [-0.2, -0.15) is 5.01 Å². The van der Waals surface area contributed by atoms with Crippen molar-refractivity contribution in [2.75, 3.05) is 5.01 Å². The number of halogens is 2. The molecule has 0 aliphatic heterocycles. The summed E-state index contributed by atoms with van der Waals surface area (Å²) in [5, 5.41) is 5.90. The quantitative estimate of drug-likeness (QED) is 0.0435. The van der Waals surface area contributed by atoms with Gasteiger partial charge in [-0.05, 0) is 137 Å². The Hall–Kier alpha value is -7.05. The summed E-state index contributed by atoms with van der Waals surface area (Å²) in [6, 6.07) is 58.0. The SMILES string of the molecule is CC(C)(C)OC(=O)NN(C(=O)OC(C)(C)C)c1ccc2c(cc(C(=O)OCc3cc(Cl)cc(CO[Si](c4ccccc4)(c4ccccc4)C(C)(C)C)c3)n2Cc2cc(Cl)cc(CO[Si](c3ccccc3)(c3ccccc3)C(C)(C)C)c2)n1. The van der Waals surface area contributed by atoms with Crippen LogP contribution in [0.5, 0.6) is 0 Å². The molecule has 12 nitrogen and oxygen atoms in total. The second kappa shape index (κ2) is 24.8. The number of ether oxygens (including phenoxy) is 3. The topological polar surface area (TPSA) is 130 Å². The lowest BCUT2D eigenvalue weighted by Crippen LogP contribution is -2.66. The van der Waals surface area contributed by atoms with Gasteiger partial charge in [0.05, 0.1) is 24.2 Å². The van der Waals surface area contributed by atoms with E-state index in [0.717, 1.165) is 42.4 Å². The van der Waals surface area contributed by atoms with Crippen molar-refractivity contribution in [1.29, 1.82) is 0 Å². The minimum Gasteiger partial charge on any atom is -0.456 e. The number of nitrogens with one attached hydrogen (secondary N) is 1. The van der Waals surface area contributed by atoms with E-state index in [2.05, 4.69) is 144 Å². The number of anilines is 1. The average Bonchev–Trinajstić information content (AvgIpc) is 2.51. The first-order valence-corrected chi connectivity index (χ1v) is 32.0. The average molecular weight is 1180 g/mol. The van der Waals surface area contributed by atoms with Crippen LogP contribution in [-0.4, -0.2) is 55.5 Å². The molecule has 0 aliphatic carbocycles. The van der Waals surface area contributed by atoms with Gasteiger partial charge in [-0.15, -0.1) is 0 Å². The Bertz CT molecular complexity index is 3440. The van der Waals surface area contributed by atoms with Crippen LogP contribution in [0.4, 0.5) is 15.4 Å². The predicted octanol–water partition coefficient (Wildman–Crippen LogP) is 14.1. The summed E-state index contributed by atoms with van der Waals surface area (Å²) in [6.45, 7) is 24.2. The van der Waals surface area contributed by atoms with Crippen LogP contribution >= 0.6 is 23.2 Å². The standard InChI is InChI=1S/C66H74Cl2N4O8Si2/c1-63(2,3)79-61(74)70-72(62(75)80-64(4,5)6)59-34-33-57-56(69-59)41-58(71(57)42-46-35-48(39-50(67)37-46)44-77-81(65(7,8)9,52-25-17-13-18-26-52)53-27-19-14-20-28-53)60(73)76-43-47-36-49(40-51(68)38-47)45-78-82(66(10,11)12,54-29-21-15-22-30-54)55-31-23-16-24-32-55/h13-41H,42-45H2,1-12H3,(H,70,74). The zero-order chi connectivity index (χ0) is 59.3. The fourth-order valence-electron chi connectivity index (χ4n) is 10.6. The predicted molar refractivity (Wildman–Crippen MR) is 334 cm³/mol. The molecule has 82 heavy (non-hydrogen) atoms. The highest BCUT2D eigenvalue weighted by Crippen LogP contribution is 2.39. The molecule has 0 saturated carbocycles. The molecule has 2 heterocycles. The number of nitrogens with zero attached hydrogens (tertiary/aromatic N) is 3. The van der Waals surface area contributed by atoms with Gasteiger partial charge in [0.25, 0.3) is 16.6 Å². The van der Waals surface area contributed by atoms with Crippen LogP contribution < -0.4 is 31.2 Å². The Kier molecular flexibility index (Phi) is 18.5. The molecule has 0 bridgehead atoms. The third-order valence-corrected chi connectivity index (χ3v) is 24.3. The highest BCUT2D eigenvalue weighted by Gasteiger charge is 2.51. The number of hydrazine groups is 1. The van der Waals surface area contributed by atoms with Crippen LogP contribution in [0.1, 0.15) is 116 Å². The first-order valence-electron chi connectivity index (χ1n) is 27.4. The van der Waals surface area contributed by atoms with E-state index in [1.807, 2.05) is 54.6 Å². The van der Waals surface area contributed by atoms with Crippen molar-refractivity contribution in [2.45, 2.75) is 131 Å². The van der Waals surface area contributed by atoms with E-state index in [9.17, 15) is 14.4 Å². The summed E-state index contributed by atoms with van der Waals surface area (Å²) in [5.41, 5.74) is 4.77. The van der Waals surface area contributed by atoms with E-state index < -0.39 is 46.0 Å². The second-order valence-electron chi connectivity index (χ2n) is 24.5. The highest BCUT2D eigenvalue weighted by atomic mass is 35.5. The van der Waals surface area contributed by atoms with Crippen LogP contribution in [0.2, 0.25) is 20.1 Å². The Morgan fingerprint density at radius 1 is 0.512 bits per heavy atom. The van der Waals surface area contributed by atoms with Crippen molar-refractivity contribution in [3.05, 3.63) is 214 Å². The van der Waals surface area contributed by atoms with Crippen molar-refractivity contribution in [1.82, 2.24) is 15.0 Å². The molecule has 0 saturated heterocycles. The monoisotopic (exact) mass is 1180 g/mol. The number of hydrogen-bond acceptors (Lipinski definition) is 9. The molecular formula is C66H74Cl2N4O8Si2. The zero-order valence-corrected chi connectivity index (χ0v) is 52.4. The minimum atomic E-state index is -2.95. The Balaban J connectivity index is 1.15. The molecule has 0 unspecified atom stereocenters. The molecule has 1 N–H and O–H groups in total. The molecule has 428 valence electrons. The van der Waals surface area contributed by atoms with E-state index in [-0.39, 0.29) is 48.0 Å². The van der Waals surface area contributed by atoms with Crippen molar-refractivity contribution < 1.29 is 37.4 Å². The van der Waals surface area contributed by atoms with Gasteiger partial charge in [0.2, 0.25) is 0 Å². The van der Waals surface area contributed by atoms with E-state index in [1.54, 1.807) is 70.4 Å². The van der Waals surface area contributed by atoms with Gasteiger partial charge >= 0.3 is 18.2 Å². The molecule has 8 aromatic rings. The molecule has 0 fully saturated rings. The van der Waals surface area contributed by atoms with Gasteiger partial charge in [0.15, 0.2) is 5.82 Å². The Morgan fingerprint density at radius 3 is 1.33 bits per heavy atom. The summed E-state index contributed by atoms with van der Waals surface area (Å²) in [5.74, 6) is -0.653. The molecule has 6 aromatic carbocycles. The number of esters is 1. The number of pyridine rings is 1. The summed E-state index contributed by atoms with van der Waals surface area (Å²) in [7, 11) is -5.86. The van der Waals surface area contributed by atoms with Crippen LogP contribution in [0, 0.1) is 0 Å². The Morgan fingerprint density at radius 2 is 0.915 bits per heavy atom. The fraction of sp³-hybridized carbons (Fsp3) is 0.303. The number of benzene rings is 6. The first-order chi connectivity index (χ1) is 38.7. The summed E-state index contributed by atoms with van der Waals surface area (Å²) >= 11 is 13.9. The lowest BCUT2D eigenvalue weighted by atomic mass is 10.1. The molecule has 0 aliphatic rings. The molecule has 0 atom stereocenters. The van der Waals surface area contributed by atoms with E-state index in [4.69, 9.17) is 51.2 Å². The maximum Gasteiger partial charge on any atom is 0.435 e. The third kappa shape index (κ3) is 14.2. The molecule has 0 radical (unpaired) electrons. The summed E-state index contributed by atoms with van der Waals surface area (Å²) < 4.78 is 33.8. The van der Waals surface area contributed by atoms with Gasteiger partial charge in [0, 0.05) is 16.6 Å². The van der Waals surface area contributed by atoms with Gasteiger partial charge in [-0.3, -0.25) is 0 Å². The summed E-state index contributed by atoms with van der Waals surface area (Å²) in [6.07, 6.45) is -1.81. The molecule has 2 amide bonds. The molecule has 0 spiro atoms.